The molecule has 0 saturated heterocycles. The van der Waals surface area contributed by atoms with Gasteiger partial charge in [0.15, 0.2) is 0 Å². The van der Waals surface area contributed by atoms with Gasteiger partial charge in [0.25, 0.3) is 0 Å². The van der Waals surface area contributed by atoms with Gasteiger partial charge >= 0.3 is 0 Å². The van der Waals surface area contributed by atoms with Crippen molar-refractivity contribution in [3.8, 4) is 0 Å². The van der Waals surface area contributed by atoms with Crippen LogP contribution in [0, 0.1) is 0 Å². The third kappa shape index (κ3) is 12.2. The molecule has 0 spiro atoms. The van der Waals surface area contributed by atoms with Crippen LogP contribution in [-0.2, 0) is 14.4 Å². The summed E-state index contributed by atoms with van der Waals surface area (Å²) in [5.41, 5.74) is 0. The summed E-state index contributed by atoms with van der Waals surface area (Å²) in [5, 5.41) is 13.1. The predicted octanol–water partition coefficient (Wildman–Crippen LogP) is -1.70. The fourth-order valence-corrected chi connectivity index (χ4v) is 1.58. The molecule has 0 atom stereocenters. The van der Waals surface area contributed by atoms with Crippen molar-refractivity contribution in [3.63, 3.8) is 0 Å². The molecule has 8 heteroatoms. The number of likely N-dealkylation sites (N-methyl/N-ethyl adjacent to an activating group) is 2. The third-order valence-electron chi connectivity index (χ3n) is 2.83. The first-order valence-electron chi connectivity index (χ1n) is 7.25. The first kappa shape index (κ1) is 19.8. The highest BCUT2D eigenvalue weighted by Crippen LogP contribution is 1.95. The van der Waals surface area contributed by atoms with E-state index < -0.39 is 0 Å². The number of nitrogens with one attached hydrogen (secondary N) is 4. The first-order chi connectivity index (χ1) is 10.1. The molecule has 0 aliphatic carbocycles. The largest absolute Gasteiger partial charge is 0.355 e. The monoisotopic (exact) mass is 303 g/mol. The zero-order valence-corrected chi connectivity index (χ0v) is 13.3. The highest BCUT2D eigenvalue weighted by molar-refractivity contribution is 5.76. The standard InChI is InChI=1S/C13H29N5O3/c1-14-6-8-16-12(19)4-10-18(21-3)11-5-13(20)17-9-7-15-2/h14-15H,4-11H2,1-3H3,(H,16,19)(H,17,20). The van der Waals surface area contributed by atoms with Crippen molar-refractivity contribution in [3.05, 3.63) is 0 Å². The maximum atomic E-state index is 11.5. The highest BCUT2D eigenvalue weighted by atomic mass is 16.7. The summed E-state index contributed by atoms with van der Waals surface area (Å²) in [4.78, 5) is 28.2. The molecular weight excluding hydrogens is 274 g/mol. The Balaban J connectivity index is 3.74. The summed E-state index contributed by atoms with van der Waals surface area (Å²) in [7, 11) is 5.21. The molecule has 0 aromatic carbocycles. The second-order valence-corrected chi connectivity index (χ2v) is 4.52. The number of amides is 2. The summed E-state index contributed by atoms with van der Waals surface area (Å²) in [6.45, 7) is 3.63. The zero-order valence-electron chi connectivity index (χ0n) is 13.3. The average Bonchev–Trinajstić information content (AvgIpc) is 2.48. The topological polar surface area (TPSA) is 94.7 Å². The minimum absolute atomic E-state index is 0.0224. The van der Waals surface area contributed by atoms with E-state index in [9.17, 15) is 9.59 Å². The fourth-order valence-electron chi connectivity index (χ4n) is 1.58. The van der Waals surface area contributed by atoms with Crippen LogP contribution in [0.4, 0.5) is 0 Å². The molecule has 0 aromatic heterocycles. The maximum absolute atomic E-state index is 11.5. The summed E-state index contributed by atoms with van der Waals surface area (Å²) < 4.78 is 0. The molecule has 0 aliphatic rings. The number of hydrogen-bond acceptors (Lipinski definition) is 6. The minimum atomic E-state index is -0.0224. The number of hydroxylamine groups is 2. The summed E-state index contributed by atoms with van der Waals surface area (Å²) >= 11 is 0. The number of nitrogens with zero attached hydrogens (tertiary/aromatic N) is 1. The Bertz CT molecular complexity index is 263. The lowest BCUT2D eigenvalue weighted by Crippen LogP contribution is -2.36. The van der Waals surface area contributed by atoms with Crippen LogP contribution >= 0.6 is 0 Å². The van der Waals surface area contributed by atoms with E-state index in [0.717, 1.165) is 13.1 Å². The van der Waals surface area contributed by atoms with Crippen LogP contribution in [0.25, 0.3) is 0 Å². The van der Waals surface area contributed by atoms with E-state index in [1.807, 2.05) is 14.1 Å². The summed E-state index contributed by atoms with van der Waals surface area (Å²) in [6, 6.07) is 0. The number of rotatable bonds is 13. The third-order valence-corrected chi connectivity index (χ3v) is 2.83. The second-order valence-electron chi connectivity index (χ2n) is 4.52. The van der Waals surface area contributed by atoms with E-state index in [4.69, 9.17) is 4.84 Å². The van der Waals surface area contributed by atoms with Crippen LogP contribution < -0.4 is 21.3 Å². The van der Waals surface area contributed by atoms with Crippen LogP contribution in [0.15, 0.2) is 0 Å². The van der Waals surface area contributed by atoms with Gasteiger partial charge in [-0.2, -0.15) is 5.06 Å². The predicted molar refractivity (Wildman–Crippen MR) is 81.7 cm³/mol. The molecule has 0 fully saturated rings. The maximum Gasteiger partial charge on any atom is 0.221 e. The Morgan fingerprint density at radius 1 is 0.857 bits per heavy atom. The van der Waals surface area contributed by atoms with Crippen molar-refractivity contribution < 1.29 is 14.4 Å². The lowest BCUT2D eigenvalue weighted by Gasteiger charge is -2.19. The lowest BCUT2D eigenvalue weighted by molar-refractivity contribution is -0.144. The molecule has 124 valence electrons. The SMILES string of the molecule is CNCCNC(=O)CCN(CCC(=O)NCCNC)OC. The molecule has 0 unspecified atom stereocenters. The van der Waals surface area contributed by atoms with Crippen molar-refractivity contribution in [2.75, 3.05) is 60.5 Å². The Morgan fingerprint density at radius 3 is 1.62 bits per heavy atom. The number of carbonyl (C=O) groups excluding carboxylic acids is 2. The fraction of sp³-hybridized carbons (Fsp3) is 0.846. The van der Waals surface area contributed by atoms with E-state index in [1.54, 1.807) is 5.06 Å². The first-order valence-corrected chi connectivity index (χ1v) is 7.25. The van der Waals surface area contributed by atoms with Gasteiger partial charge < -0.3 is 26.1 Å². The van der Waals surface area contributed by atoms with Crippen molar-refractivity contribution >= 4 is 11.8 Å². The number of carbonyl (C=O) groups is 2. The average molecular weight is 303 g/mol. The van der Waals surface area contributed by atoms with Crippen molar-refractivity contribution in [1.29, 1.82) is 0 Å². The van der Waals surface area contributed by atoms with Gasteiger partial charge in [-0.15, -0.1) is 0 Å². The normalized spacial score (nSPS) is 10.7. The molecule has 8 nitrogen and oxygen atoms in total. The zero-order chi connectivity index (χ0) is 15.9. The van der Waals surface area contributed by atoms with Gasteiger partial charge in [0.1, 0.15) is 0 Å². The highest BCUT2D eigenvalue weighted by Gasteiger charge is 2.09. The molecule has 4 N–H and O–H groups in total. The van der Waals surface area contributed by atoms with E-state index in [2.05, 4.69) is 21.3 Å². The molecule has 21 heavy (non-hydrogen) atoms. The van der Waals surface area contributed by atoms with Gasteiger partial charge in [-0.1, -0.05) is 0 Å². The molecule has 0 heterocycles. The van der Waals surface area contributed by atoms with Gasteiger partial charge in [-0.3, -0.25) is 9.59 Å². The summed E-state index contributed by atoms with van der Waals surface area (Å²) in [6.07, 6.45) is 0.692. The Kier molecular flexibility index (Phi) is 13.0. The van der Waals surface area contributed by atoms with Gasteiger partial charge in [0.2, 0.25) is 11.8 Å². The van der Waals surface area contributed by atoms with E-state index in [1.165, 1.54) is 7.11 Å². The quantitative estimate of drug-likeness (QED) is 0.239. The summed E-state index contributed by atoms with van der Waals surface area (Å²) in [5.74, 6) is -0.0449. The van der Waals surface area contributed by atoms with Crippen molar-refractivity contribution in [2.45, 2.75) is 12.8 Å². The van der Waals surface area contributed by atoms with Crippen LogP contribution in [0.5, 0.6) is 0 Å². The van der Waals surface area contributed by atoms with Gasteiger partial charge in [-0.05, 0) is 14.1 Å². The molecular formula is C13H29N5O3. The molecule has 0 saturated carbocycles. The van der Waals surface area contributed by atoms with Gasteiger partial charge in [0.05, 0.1) is 7.11 Å². The van der Waals surface area contributed by atoms with Crippen LogP contribution in [-0.4, -0.2) is 77.4 Å². The Labute approximate surface area is 126 Å². The second kappa shape index (κ2) is 13.7. The Morgan fingerprint density at radius 2 is 1.29 bits per heavy atom. The van der Waals surface area contributed by atoms with Crippen LogP contribution in [0.1, 0.15) is 12.8 Å². The molecule has 0 aliphatic heterocycles. The number of hydrogen-bond donors (Lipinski definition) is 4. The molecule has 0 radical (unpaired) electrons. The van der Waals surface area contributed by atoms with Crippen LogP contribution in [0.3, 0.4) is 0 Å². The minimum Gasteiger partial charge on any atom is -0.355 e. The van der Waals surface area contributed by atoms with Crippen LogP contribution in [0.2, 0.25) is 0 Å². The van der Waals surface area contributed by atoms with Gasteiger partial charge in [-0.25, -0.2) is 0 Å². The molecule has 0 aromatic rings. The van der Waals surface area contributed by atoms with Crippen molar-refractivity contribution in [1.82, 2.24) is 26.3 Å². The van der Waals surface area contributed by atoms with E-state index >= 15 is 0 Å². The Hall–Kier alpha value is -1.22. The molecule has 2 amide bonds. The molecule has 0 rings (SSSR count). The lowest BCUT2D eigenvalue weighted by atomic mass is 10.3. The van der Waals surface area contributed by atoms with E-state index in [-0.39, 0.29) is 11.8 Å². The smallest absolute Gasteiger partial charge is 0.221 e. The molecule has 0 bridgehead atoms. The van der Waals surface area contributed by atoms with Gasteiger partial charge in [0, 0.05) is 52.1 Å². The van der Waals surface area contributed by atoms with Crippen molar-refractivity contribution in [2.24, 2.45) is 0 Å². The van der Waals surface area contributed by atoms with E-state index in [0.29, 0.717) is 39.0 Å².